The van der Waals surface area contributed by atoms with Gasteiger partial charge >= 0.3 is 0 Å². The van der Waals surface area contributed by atoms with Gasteiger partial charge < -0.3 is 10.1 Å². The van der Waals surface area contributed by atoms with Crippen molar-refractivity contribution in [3.05, 3.63) is 28.8 Å². The number of aryl methyl sites for hydroxylation is 1. The van der Waals surface area contributed by atoms with Crippen LogP contribution in [0.5, 0.6) is 5.75 Å². The van der Waals surface area contributed by atoms with Gasteiger partial charge in [0.15, 0.2) is 0 Å². The lowest BCUT2D eigenvalue weighted by Gasteiger charge is -2.45. The third-order valence-corrected chi connectivity index (χ3v) is 4.75. The molecular weight excluding hydrogens is 250 g/mol. The molecule has 0 fully saturated rings. The summed E-state index contributed by atoms with van der Waals surface area (Å²) >= 11 is 0. The van der Waals surface area contributed by atoms with Gasteiger partial charge in [0, 0.05) is 0 Å². The van der Waals surface area contributed by atoms with Crippen LogP contribution in [0.15, 0.2) is 12.1 Å². The molecule has 0 spiro atoms. The molecule has 1 aliphatic rings. The highest BCUT2D eigenvalue weighted by Gasteiger charge is 2.47. The molecule has 1 aromatic rings. The minimum absolute atomic E-state index is 0.132. The van der Waals surface area contributed by atoms with Crippen molar-refractivity contribution in [2.24, 2.45) is 0 Å². The minimum Gasteiger partial charge on any atom is -0.497 e. The number of benzene rings is 1. The van der Waals surface area contributed by atoms with Gasteiger partial charge in [-0.1, -0.05) is 13.8 Å². The van der Waals surface area contributed by atoms with Gasteiger partial charge in [0.25, 0.3) is 0 Å². The van der Waals surface area contributed by atoms with E-state index in [4.69, 9.17) is 4.74 Å². The molecule has 0 atom stereocenters. The van der Waals surface area contributed by atoms with Crippen molar-refractivity contribution in [3.63, 3.8) is 0 Å². The summed E-state index contributed by atoms with van der Waals surface area (Å²) in [5, 5.41) is 3.20. The van der Waals surface area contributed by atoms with E-state index in [-0.39, 0.29) is 11.4 Å². The Morgan fingerprint density at radius 1 is 1.20 bits per heavy atom. The summed E-state index contributed by atoms with van der Waals surface area (Å²) in [5.41, 5.74) is 2.77. The number of carbonyl (C=O) groups excluding carboxylic acids is 1. The highest BCUT2D eigenvalue weighted by molar-refractivity contribution is 5.91. The zero-order valence-electron chi connectivity index (χ0n) is 13.4. The van der Waals surface area contributed by atoms with E-state index in [1.165, 1.54) is 11.1 Å². The SMILES string of the molecule is CCC1(CC)C(=O)NC(C)(C)c2c(C)cc(OC)cc21. The Hall–Kier alpha value is -1.51. The van der Waals surface area contributed by atoms with Gasteiger partial charge in [-0.25, -0.2) is 0 Å². The summed E-state index contributed by atoms with van der Waals surface area (Å²) in [6, 6.07) is 4.10. The molecule has 1 heterocycles. The Bertz CT molecular complexity index is 542. The van der Waals surface area contributed by atoms with Gasteiger partial charge in [0.05, 0.1) is 18.1 Å². The average Bonchev–Trinajstić information content (AvgIpc) is 2.38. The molecule has 110 valence electrons. The maximum absolute atomic E-state index is 12.7. The van der Waals surface area contributed by atoms with Crippen LogP contribution < -0.4 is 10.1 Å². The monoisotopic (exact) mass is 275 g/mol. The lowest BCUT2D eigenvalue weighted by molar-refractivity contribution is -0.130. The topological polar surface area (TPSA) is 38.3 Å². The molecule has 1 aromatic carbocycles. The van der Waals surface area contributed by atoms with Crippen LogP contribution in [0.25, 0.3) is 0 Å². The molecule has 0 radical (unpaired) electrons. The number of nitrogens with one attached hydrogen (secondary N) is 1. The van der Waals surface area contributed by atoms with Crippen molar-refractivity contribution in [2.45, 2.75) is 58.4 Å². The Kier molecular flexibility index (Phi) is 3.57. The molecule has 0 unspecified atom stereocenters. The molecular formula is C17H25NO2. The van der Waals surface area contributed by atoms with Crippen molar-refractivity contribution in [2.75, 3.05) is 7.11 Å². The predicted octanol–water partition coefficient (Wildman–Crippen LogP) is 3.43. The molecule has 0 saturated heterocycles. The van der Waals surface area contributed by atoms with E-state index in [1.54, 1.807) is 7.11 Å². The van der Waals surface area contributed by atoms with Crippen molar-refractivity contribution >= 4 is 5.91 Å². The Morgan fingerprint density at radius 2 is 1.80 bits per heavy atom. The standard InChI is InChI=1S/C17H25NO2/c1-7-17(8-2)13-10-12(20-6)9-11(3)14(13)16(4,5)18-15(17)19/h9-10H,7-8H2,1-6H3,(H,18,19). The van der Waals surface area contributed by atoms with Crippen LogP contribution in [0.4, 0.5) is 0 Å². The normalized spacial score (nSPS) is 19.2. The lowest BCUT2D eigenvalue weighted by Crippen LogP contribution is -2.56. The quantitative estimate of drug-likeness (QED) is 0.918. The lowest BCUT2D eigenvalue weighted by atomic mass is 9.66. The van der Waals surface area contributed by atoms with Crippen LogP contribution >= 0.6 is 0 Å². The first-order valence-corrected chi connectivity index (χ1v) is 7.34. The Balaban J connectivity index is 2.82. The van der Waals surface area contributed by atoms with Gasteiger partial charge in [-0.05, 0) is 62.4 Å². The van der Waals surface area contributed by atoms with Gasteiger partial charge in [-0.15, -0.1) is 0 Å². The fourth-order valence-electron chi connectivity index (χ4n) is 3.62. The second kappa shape index (κ2) is 4.80. The Morgan fingerprint density at radius 3 is 2.30 bits per heavy atom. The second-order valence-corrected chi connectivity index (χ2v) is 6.24. The number of hydrogen-bond donors (Lipinski definition) is 1. The van der Waals surface area contributed by atoms with E-state index in [0.29, 0.717) is 0 Å². The van der Waals surface area contributed by atoms with E-state index in [2.05, 4.69) is 46.0 Å². The fourth-order valence-corrected chi connectivity index (χ4v) is 3.62. The zero-order chi connectivity index (χ0) is 15.1. The summed E-state index contributed by atoms with van der Waals surface area (Å²) in [6.45, 7) is 10.4. The molecule has 1 N–H and O–H groups in total. The third kappa shape index (κ3) is 1.91. The molecule has 2 rings (SSSR count). The van der Waals surface area contributed by atoms with Gasteiger partial charge in [0.1, 0.15) is 5.75 Å². The molecule has 0 aliphatic carbocycles. The maximum atomic E-state index is 12.7. The van der Waals surface area contributed by atoms with Crippen LogP contribution in [-0.2, 0) is 15.7 Å². The summed E-state index contributed by atoms with van der Waals surface area (Å²) in [7, 11) is 1.68. The maximum Gasteiger partial charge on any atom is 0.231 e. The first-order chi connectivity index (χ1) is 9.32. The van der Waals surface area contributed by atoms with Crippen molar-refractivity contribution in [1.82, 2.24) is 5.32 Å². The third-order valence-electron chi connectivity index (χ3n) is 4.75. The molecule has 1 amide bonds. The van der Waals surface area contributed by atoms with Crippen molar-refractivity contribution in [1.29, 1.82) is 0 Å². The number of methoxy groups -OCH3 is 1. The molecule has 0 bridgehead atoms. The predicted molar refractivity (Wildman–Crippen MR) is 81.2 cm³/mol. The number of fused-ring (bicyclic) bond motifs is 1. The number of amides is 1. The summed E-state index contributed by atoms with van der Waals surface area (Å²) < 4.78 is 5.42. The molecule has 3 heteroatoms. The van der Waals surface area contributed by atoms with E-state index in [0.717, 1.165) is 24.2 Å². The van der Waals surface area contributed by atoms with Gasteiger partial charge in [-0.3, -0.25) is 4.79 Å². The molecule has 0 saturated carbocycles. The van der Waals surface area contributed by atoms with E-state index >= 15 is 0 Å². The van der Waals surface area contributed by atoms with E-state index in [1.807, 2.05) is 6.07 Å². The van der Waals surface area contributed by atoms with Crippen molar-refractivity contribution < 1.29 is 9.53 Å². The molecule has 20 heavy (non-hydrogen) atoms. The highest BCUT2D eigenvalue weighted by atomic mass is 16.5. The zero-order valence-corrected chi connectivity index (χ0v) is 13.4. The minimum atomic E-state index is -0.440. The first kappa shape index (κ1) is 14.9. The van der Waals surface area contributed by atoms with Crippen molar-refractivity contribution in [3.8, 4) is 5.75 Å². The summed E-state index contributed by atoms with van der Waals surface area (Å²) in [4.78, 5) is 12.7. The number of ether oxygens (including phenoxy) is 1. The smallest absolute Gasteiger partial charge is 0.231 e. The van der Waals surface area contributed by atoms with Crippen LogP contribution in [-0.4, -0.2) is 13.0 Å². The van der Waals surface area contributed by atoms with E-state index in [9.17, 15) is 4.79 Å². The summed E-state index contributed by atoms with van der Waals surface area (Å²) in [5.74, 6) is 0.964. The van der Waals surface area contributed by atoms with Crippen LogP contribution in [0.2, 0.25) is 0 Å². The van der Waals surface area contributed by atoms with Gasteiger partial charge in [0.2, 0.25) is 5.91 Å². The van der Waals surface area contributed by atoms with Crippen LogP contribution in [0.3, 0.4) is 0 Å². The fraction of sp³-hybridized carbons (Fsp3) is 0.588. The summed E-state index contributed by atoms with van der Waals surface area (Å²) in [6.07, 6.45) is 1.59. The van der Waals surface area contributed by atoms with Crippen LogP contribution in [0.1, 0.15) is 57.2 Å². The Labute approximate surface area is 121 Å². The average molecular weight is 275 g/mol. The van der Waals surface area contributed by atoms with E-state index < -0.39 is 5.41 Å². The number of rotatable bonds is 3. The number of carbonyl (C=O) groups is 1. The van der Waals surface area contributed by atoms with Gasteiger partial charge in [-0.2, -0.15) is 0 Å². The molecule has 3 nitrogen and oxygen atoms in total. The van der Waals surface area contributed by atoms with Crippen LogP contribution in [0, 0.1) is 6.92 Å². The molecule has 1 aliphatic heterocycles. The first-order valence-electron chi connectivity index (χ1n) is 7.34. The molecule has 0 aromatic heterocycles. The highest BCUT2D eigenvalue weighted by Crippen LogP contribution is 2.45. The second-order valence-electron chi connectivity index (χ2n) is 6.24. The number of hydrogen-bond acceptors (Lipinski definition) is 2. The largest absolute Gasteiger partial charge is 0.497 e.